The topological polar surface area (TPSA) is 97.4 Å². The average molecular weight is 396 g/mol. The molecule has 0 bridgehead atoms. The van der Waals surface area contributed by atoms with Gasteiger partial charge in [-0.05, 0) is 43.3 Å². The van der Waals surface area contributed by atoms with E-state index in [-0.39, 0.29) is 24.8 Å². The first-order valence-corrected chi connectivity index (χ1v) is 8.97. The molecule has 2 amide bonds. The molecule has 0 saturated carbocycles. The summed E-state index contributed by atoms with van der Waals surface area (Å²) >= 11 is 0. The third-order valence-corrected chi connectivity index (χ3v) is 4.61. The largest absolute Gasteiger partial charge is 0.437 e. The van der Waals surface area contributed by atoms with Crippen LogP contribution in [0.4, 0.5) is 15.8 Å². The molecule has 4 rings (SSSR count). The van der Waals surface area contributed by atoms with Crippen molar-refractivity contribution >= 4 is 23.2 Å². The number of hydrogen-bond acceptors (Lipinski definition) is 5. The molecule has 8 nitrogen and oxygen atoms in total. The Labute approximate surface area is 164 Å². The minimum atomic E-state index is -0.803. The molecular weight excluding hydrogens is 379 g/mol. The molecule has 2 aromatic carbocycles. The van der Waals surface area contributed by atoms with Gasteiger partial charge in [0.1, 0.15) is 12.4 Å². The highest BCUT2D eigenvalue weighted by Gasteiger charge is 2.30. The number of nitrogens with zero attached hydrogens (tertiary/aromatic N) is 3. The lowest BCUT2D eigenvalue weighted by atomic mass is 10.1. The summed E-state index contributed by atoms with van der Waals surface area (Å²) in [7, 11) is 0. The molecule has 2 heterocycles. The van der Waals surface area contributed by atoms with Gasteiger partial charge in [-0.2, -0.15) is 4.68 Å². The molecule has 0 aliphatic carbocycles. The van der Waals surface area contributed by atoms with Crippen LogP contribution in [0.1, 0.15) is 13.3 Å². The monoisotopic (exact) mass is 396 g/mol. The first-order chi connectivity index (χ1) is 13.9. The third-order valence-electron chi connectivity index (χ3n) is 4.61. The van der Waals surface area contributed by atoms with Gasteiger partial charge >= 0.3 is 5.76 Å². The van der Waals surface area contributed by atoms with E-state index >= 15 is 0 Å². The standard InChI is InChI=1S/C20H17FN4O4/c1-12-10-17(26)22-15-4-2-3-5-16(15)25(12)18(27)11-24-20(28)29-19(23-24)13-6-8-14(21)9-7-13/h2-9,12H,10-11H2,1H3,(H,22,26)/t12-/m1/s1. The van der Waals surface area contributed by atoms with Crippen LogP contribution in [0, 0.1) is 5.82 Å². The molecule has 1 aliphatic rings. The minimum Gasteiger partial charge on any atom is -0.388 e. The second-order valence-electron chi connectivity index (χ2n) is 6.72. The molecule has 3 aromatic rings. The number of amides is 2. The summed E-state index contributed by atoms with van der Waals surface area (Å²) in [5.74, 6) is -1.85. The summed E-state index contributed by atoms with van der Waals surface area (Å²) in [5.41, 5.74) is 1.49. The van der Waals surface area contributed by atoms with E-state index in [9.17, 15) is 18.8 Å². The summed E-state index contributed by atoms with van der Waals surface area (Å²) < 4.78 is 19.1. The number of carbonyl (C=O) groups is 2. The second-order valence-corrected chi connectivity index (χ2v) is 6.72. The van der Waals surface area contributed by atoms with Crippen LogP contribution in [-0.4, -0.2) is 27.6 Å². The molecular formula is C20H17FN4O4. The van der Waals surface area contributed by atoms with Crippen LogP contribution in [0.5, 0.6) is 0 Å². The van der Waals surface area contributed by atoms with E-state index < -0.39 is 23.5 Å². The Morgan fingerprint density at radius 1 is 1.21 bits per heavy atom. The SMILES string of the molecule is C[C@@H]1CC(=O)Nc2ccccc2N1C(=O)Cn1nc(-c2ccc(F)cc2)oc1=O. The smallest absolute Gasteiger partial charge is 0.388 e. The molecule has 1 atom stereocenters. The van der Waals surface area contributed by atoms with Crippen molar-refractivity contribution in [2.24, 2.45) is 0 Å². The zero-order valence-corrected chi connectivity index (χ0v) is 15.5. The van der Waals surface area contributed by atoms with Crippen molar-refractivity contribution in [3.63, 3.8) is 0 Å². The Hall–Kier alpha value is -3.75. The molecule has 0 fully saturated rings. The van der Waals surface area contributed by atoms with Crippen LogP contribution >= 0.6 is 0 Å². The number of fused-ring (bicyclic) bond motifs is 1. The molecule has 148 valence electrons. The van der Waals surface area contributed by atoms with E-state index in [2.05, 4.69) is 10.4 Å². The number of benzene rings is 2. The van der Waals surface area contributed by atoms with Crippen molar-refractivity contribution < 1.29 is 18.4 Å². The Bertz CT molecular complexity index is 1140. The van der Waals surface area contributed by atoms with Gasteiger partial charge in [-0.25, -0.2) is 9.18 Å². The highest BCUT2D eigenvalue weighted by molar-refractivity contribution is 6.04. The normalized spacial score (nSPS) is 16.1. The number of carbonyl (C=O) groups excluding carboxylic acids is 2. The van der Waals surface area contributed by atoms with Crippen LogP contribution in [-0.2, 0) is 16.1 Å². The number of halogens is 1. The predicted octanol–water partition coefficient (Wildman–Crippen LogP) is 2.41. The van der Waals surface area contributed by atoms with Crippen molar-refractivity contribution in [1.82, 2.24) is 9.78 Å². The van der Waals surface area contributed by atoms with E-state index in [1.165, 1.54) is 29.2 Å². The molecule has 1 N–H and O–H groups in total. The van der Waals surface area contributed by atoms with Gasteiger partial charge in [0, 0.05) is 18.0 Å². The van der Waals surface area contributed by atoms with E-state index in [1.54, 1.807) is 31.2 Å². The average Bonchev–Trinajstić information content (AvgIpc) is 2.97. The van der Waals surface area contributed by atoms with Gasteiger partial charge in [0.05, 0.1) is 11.4 Å². The van der Waals surface area contributed by atoms with Gasteiger partial charge in [-0.3, -0.25) is 9.59 Å². The summed E-state index contributed by atoms with van der Waals surface area (Å²) in [5, 5.41) is 6.83. The summed E-state index contributed by atoms with van der Waals surface area (Å²) in [6.07, 6.45) is 0.120. The molecule has 29 heavy (non-hydrogen) atoms. The van der Waals surface area contributed by atoms with Crippen molar-refractivity contribution in [2.75, 3.05) is 10.2 Å². The number of hydrogen-bond donors (Lipinski definition) is 1. The maximum absolute atomic E-state index is 13.1. The van der Waals surface area contributed by atoms with Crippen LogP contribution in [0.3, 0.4) is 0 Å². The molecule has 1 aromatic heterocycles. The highest BCUT2D eigenvalue weighted by atomic mass is 19.1. The first-order valence-electron chi connectivity index (χ1n) is 8.97. The van der Waals surface area contributed by atoms with E-state index in [0.717, 1.165) is 4.68 Å². The minimum absolute atomic E-state index is 0.0102. The fourth-order valence-corrected chi connectivity index (χ4v) is 3.29. The van der Waals surface area contributed by atoms with Gasteiger partial charge < -0.3 is 14.6 Å². The Morgan fingerprint density at radius 3 is 2.69 bits per heavy atom. The highest BCUT2D eigenvalue weighted by Crippen LogP contribution is 2.31. The Kier molecular flexibility index (Phi) is 4.71. The Balaban J connectivity index is 1.63. The lowest BCUT2D eigenvalue weighted by Gasteiger charge is -2.27. The van der Waals surface area contributed by atoms with Crippen LogP contribution in [0.25, 0.3) is 11.5 Å². The molecule has 1 aliphatic heterocycles. The van der Waals surface area contributed by atoms with Crippen LogP contribution in [0.15, 0.2) is 57.7 Å². The van der Waals surface area contributed by atoms with Gasteiger partial charge in [0.2, 0.25) is 17.7 Å². The first kappa shape index (κ1) is 18.6. The fourth-order valence-electron chi connectivity index (χ4n) is 3.29. The maximum atomic E-state index is 13.1. The van der Waals surface area contributed by atoms with E-state index in [1.807, 2.05) is 0 Å². The van der Waals surface area contributed by atoms with Gasteiger partial charge in [-0.1, -0.05) is 12.1 Å². The lowest BCUT2D eigenvalue weighted by molar-refractivity contribution is -0.120. The van der Waals surface area contributed by atoms with Crippen LogP contribution < -0.4 is 16.0 Å². The fraction of sp³-hybridized carbons (Fsp3) is 0.200. The van der Waals surface area contributed by atoms with Gasteiger partial charge in [-0.15, -0.1) is 5.10 Å². The molecule has 0 radical (unpaired) electrons. The summed E-state index contributed by atoms with van der Waals surface area (Å²) in [4.78, 5) is 38.7. The number of anilines is 2. The number of para-hydroxylation sites is 2. The quantitative estimate of drug-likeness (QED) is 0.733. The Morgan fingerprint density at radius 2 is 1.93 bits per heavy atom. The second kappa shape index (κ2) is 7.34. The van der Waals surface area contributed by atoms with E-state index in [4.69, 9.17) is 4.42 Å². The zero-order valence-electron chi connectivity index (χ0n) is 15.5. The molecule has 0 saturated heterocycles. The molecule has 0 unspecified atom stereocenters. The summed E-state index contributed by atoms with van der Waals surface area (Å²) in [6, 6.07) is 11.8. The van der Waals surface area contributed by atoms with Gasteiger partial charge in [0.15, 0.2) is 0 Å². The predicted molar refractivity (Wildman–Crippen MR) is 103 cm³/mol. The third kappa shape index (κ3) is 3.66. The molecule has 0 spiro atoms. The number of aromatic nitrogens is 2. The van der Waals surface area contributed by atoms with Crippen molar-refractivity contribution in [3.05, 3.63) is 64.9 Å². The lowest BCUT2D eigenvalue weighted by Crippen LogP contribution is -2.42. The van der Waals surface area contributed by atoms with Gasteiger partial charge in [0.25, 0.3) is 0 Å². The van der Waals surface area contributed by atoms with E-state index in [0.29, 0.717) is 16.9 Å². The maximum Gasteiger partial charge on any atom is 0.437 e. The van der Waals surface area contributed by atoms with Crippen molar-refractivity contribution in [2.45, 2.75) is 25.9 Å². The molecule has 9 heteroatoms. The zero-order chi connectivity index (χ0) is 20.5. The number of rotatable bonds is 3. The van der Waals surface area contributed by atoms with Crippen molar-refractivity contribution in [3.8, 4) is 11.5 Å². The number of nitrogens with one attached hydrogen (secondary N) is 1. The van der Waals surface area contributed by atoms with Crippen molar-refractivity contribution in [1.29, 1.82) is 0 Å². The van der Waals surface area contributed by atoms with Crippen LogP contribution in [0.2, 0.25) is 0 Å². The summed E-state index contributed by atoms with van der Waals surface area (Å²) in [6.45, 7) is 1.39.